The zero-order chi connectivity index (χ0) is 27.4. The third-order valence-electron chi connectivity index (χ3n) is 11.5. The number of aromatic nitrogens is 1. The highest BCUT2D eigenvalue weighted by molar-refractivity contribution is 5.31. The normalized spacial score (nSPS) is 40.2. The number of aliphatic hydroxyl groups excluding tert-OH is 3. The first-order valence-corrected chi connectivity index (χ1v) is 14.6. The van der Waals surface area contributed by atoms with Crippen molar-refractivity contribution in [1.82, 2.24) is 4.98 Å². The van der Waals surface area contributed by atoms with Gasteiger partial charge in [-0.1, -0.05) is 33.6 Å². The van der Waals surface area contributed by atoms with E-state index in [1.807, 2.05) is 0 Å². The highest BCUT2D eigenvalue weighted by atomic mass is 19.1. The number of methoxy groups -OCH3 is 1. The monoisotopic (exact) mass is 533 g/mol. The van der Waals surface area contributed by atoms with E-state index in [2.05, 4.69) is 25.8 Å². The van der Waals surface area contributed by atoms with Crippen LogP contribution < -0.4 is 4.74 Å². The summed E-state index contributed by atoms with van der Waals surface area (Å²) in [6.45, 7) is 6.91. The minimum absolute atomic E-state index is 0.0140. The van der Waals surface area contributed by atoms with E-state index in [-0.39, 0.29) is 46.7 Å². The fraction of sp³-hybridized carbons (Fsp3) is 0.774. The number of pyridine rings is 1. The number of rotatable bonds is 7. The molecule has 5 nitrogen and oxygen atoms in total. The van der Waals surface area contributed by atoms with Crippen molar-refractivity contribution in [1.29, 1.82) is 0 Å². The van der Waals surface area contributed by atoms with E-state index in [4.69, 9.17) is 4.74 Å². The minimum atomic E-state index is -0.841. The van der Waals surface area contributed by atoms with Crippen molar-refractivity contribution in [3.63, 3.8) is 0 Å². The average Bonchev–Trinajstić information content (AvgIpc) is 3.24. The lowest BCUT2D eigenvalue weighted by Crippen LogP contribution is -2.55. The molecule has 0 aliphatic heterocycles. The van der Waals surface area contributed by atoms with Crippen molar-refractivity contribution in [2.75, 3.05) is 7.11 Å². The summed E-state index contributed by atoms with van der Waals surface area (Å²) in [6.07, 6.45) is 5.82. The second kappa shape index (κ2) is 10.4. The summed E-state index contributed by atoms with van der Waals surface area (Å²) in [5.74, 6) is 0.632. The quantitative estimate of drug-likeness (QED) is 0.360. The highest BCUT2D eigenvalue weighted by Gasteiger charge is 2.61. The molecule has 0 amide bonds. The first-order valence-electron chi connectivity index (χ1n) is 14.6. The van der Waals surface area contributed by atoms with Crippen molar-refractivity contribution in [2.24, 2.45) is 40.4 Å². The number of halogens is 2. The van der Waals surface area contributed by atoms with Crippen LogP contribution in [-0.2, 0) is 0 Å². The summed E-state index contributed by atoms with van der Waals surface area (Å²) < 4.78 is 34.5. The summed E-state index contributed by atoms with van der Waals surface area (Å²) in [5.41, 5.74) is 1.46. The molecule has 1 aromatic heterocycles. The second-order valence-electron chi connectivity index (χ2n) is 13.3. The van der Waals surface area contributed by atoms with Gasteiger partial charge in [-0.05, 0) is 103 Å². The van der Waals surface area contributed by atoms with Gasteiger partial charge in [-0.15, -0.1) is 0 Å². The van der Waals surface area contributed by atoms with E-state index in [1.165, 1.54) is 13.2 Å². The van der Waals surface area contributed by atoms with E-state index in [0.29, 0.717) is 30.2 Å². The second-order valence-corrected chi connectivity index (χ2v) is 13.3. The topological polar surface area (TPSA) is 82.8 Å². The summed E-state index contributed by atoms with van der Waals surface area (Å²) in [5, 5.41) is 31.8. The predicted octanol–water partition coefficient (Wildman–Crippen LogP) is 6.28. The Morgan fingerprint density at radius 2 is 1.74 bits per heavy atom. The SMILES string of the molecule is COc1nc(F)ccc1C(O)CCC[C@@H](C)[C@H]1CC[C@H]2C3=C(F)C[C@H]4[C@@H](O)[C@@H](O)CC[C@]4(C)[C@H]3CC[C@]12C. The molecule has 5 rings (SSSR count). The Morgan fingerprint density at radius 1 is 1.03 bits per heavy atom. The molecule has 10 atom stereocenters. The van der Waals surface area contributed by atoms with Gasteiger partial charge in [0.05, 0.1) is 25.4 Å². The van der Waals surface area contributed by atoms with Gasteiger partial charge in [0.2, 0.25) is 11.8 Å². The smallest absolute Gasteiger partial charge is 0.221 e. The lowest BCUT2D eigenvalue weighted by Gasteiger charge is -2.59. The first-order chi connectivity index (χ1) is 18.0. The van der Waals surface area contributed by atoms with Gasteiger partial charge in [0, 0.05) is 12.0 Å². The molecule has 4 aliphatic carbocycles. The Morgan fingerprint density at radius 3 is 2.47 bits per heavy atom. The van der Waals surface area contributed by atoms with Crippen LogP contribution in [0.25, 0.3) is 0 Å². The number of allylic oxidation sites excluding steroid dienone is 2. The fourth-order valence-electron chi connectivity index (χ4n) is 9.39. The molecule has 0 saturated heterocycles. The zero-order valence-corrected chi connectivity index (χ0v) is 23.3. The van der Waals surface area contributed by atoms with Gasteiger partial charge in [0.15, 0.2) is 0 Å². The molecule has 3 saturated carbocycles. The molecular formula is C31H45F2NO4. The van der Waals surface area contributed by atoms with Gasteiger partial charge < -0.3 is 20.1 Å². The van der Waals surface area contributed by atoms with Crippen molar-refractivity contribution in [2.45, 2.75) is 103 Å². The van der Waals surface area contributed by atoms with Gasteiger partial charge in [-0.25, -0.2) is 4.39 Å². The number of hydrogen-bond acceptors (Lipinski definition) is 5. The van der Waals surface area contributed by atoms with Crippen molar-refractivity contribution < 1.29 is 28.8 Å². The van der Waals surface area contributed by atoms with Crippen LogP contribution in [0.1, 0.15) is 96.6 Å². The molecular weight excluding hydrogens is 488 g/mol. The Kier molecular flexibility index (Phi) is 7.69. The predicted molar refractivity (Wildman–Crippen MR) is 141 cm³/mol. The summed E-state index contributed by atoms with van der Waals surface area (Å²) in [6, 6.07) is 2.79. The molecule has 212 valence electrons. The molecule has 1 unspecified atom stereocenters. The molecule has 0 spiro atoms. The lowest BCUT2D eigenvalue weighted by molar-refractivity contribution is -0.128. The molecule has 0 bridgehead atoms. The minimum Gasteiger partial charge on any atom is -0.481 e. The van der Waals surface area contributed by atoms with E-state index in [0.717, 1.165) is 50.5 Å². The van der Waals surface area contributed by atoms with E-state index >= 15 is 4.39 Å². The molecule has 1 aromatic rings. The third kappa shape index (κ3) is 4.50. The Hall–Kier alpha value is -1.57. The Bertz CT molecular complexity index is 1060. The maximum Gasteiger partial charge on any atom is 0.221 e. The average molecular weight is 534 g/mol. The molecule has 0 radical (unpaired) electrons. The van der Waals surface area contributed by atoms with E-state index < -0.39 is 24.3 Å². The summed E-state index contributed by atoms with van der Waals surface area (Å²) in [4.78, 5) is 3.74. The number of nitrogens with zero attached hydrogens (tertiary/aromatic N) is 1. The molecule has 38 heavy (non-hydrogen) atoms. The van der Waals surface area contributed by atoms with Crippen LogP contribution in [0, 0.1) is 46.4 Å². The zero-order valence-electron chi connectivity index (χ0n) is 23.3. The van der Waals surface area contributed by atoms with Crippen LogP contribution >= 0.6 is 0 Å². The molecule has 3 N–H and O–H groups in total. The van der Waals surface area contributed by atoms with Crippen LogP contribution in [0.2, 0.25) is 0 Å². The van der Waals surface area contributed by atoms with Gasteiger partial charge >= 0.3 is 0 Å². The molecule has 4 aliphatic rings. The van der Waals surface area contributed by atoms with Crippen molar-refractivity contribution in [3.05, 3.63) is 35.0 Å². The fourth-order valence-corrected chi connectivity index (χ4v) is 9.39. The highest BCUT2D eigenvalue weighted by Crippen LogP contribution is 2.68. The Labute approximate surface area is 225 Å². The van der Waals surface area contributed by atoms with E-state index in [1.54, 1.807) is 6.07 Å². The van der Waals surface area contributed by atoms with E-state index in [9.17, 15) is 19.7 Å². The van der Waals surface area contributed by atoms with Crippen LogP contribution in [0.4, 0.5) is 8.78 Å². The first kappa shape index (κ1) is 28.0. The van der Waals surface area contributed by atoms with Crippen molar-refractivity contribution >= 4 is 0 Å². The number of ether oxygens (including phenoxy) is 1. The molecule has 7 heteroatoms. The maximum absolute atomic E-state index is 15.9. The molecule has 0 aromatic carbocycles. The van der Waals surface area contributed by atoms with Crippen LogP contribution in [0.3, 0.4) is 0 Å². The van der Waals surface area contributed by atoms with Gasteiger partial charge in [0.25, 0.3) is 0 Å². The molecule has 1 heterocycles. The lowest BCUT2D eigenvalue weighted by atomic mass is 9.47. The Balaban J connectivity index is 1.26. The number of fused-ring (bicyclic) bond motifs is 5. The van der Waals surface area contributed by atoms with Crippen LogP contribution in [-0.4, -0.2) is 39.6 Å². The third-order valence-corrected chi connectivity index (χ3v) is 11.5. The standard InChI is InChI=1S/C31H45F2NO4/c1-17(6-5-7-24(35)18-8-11-26(33)34-29(18)38-4)19-9-10-20-27-21(12-14-30(19,20)2)31(3)15-13-25(36)28(37)22(31)16-23(27)32/h8,11,17,19-22,24-25,28,35-37H,5-7,9-10,12-16H2,1-4H3/t17-,19-,20+,21+,22+,24?,25+,28-,30-,31-/m1/s1. The largest absolute Gasteiger partial charge is 0.481 e. The summed E-state index contributed by atoms with van der Waals surface area (Å²) >= 11 is 0. The summed E-state index contributed by atoms with van der Waals surface area (Å²) in [7, 11) is 1.43. The maximum atomic E-state index is 15.9. The van der Waals surface area contributed by atoms with Gasteiger partial charge in [-0.2, -0.15) is 9.37 Å². The van der Waals surface area contributed by atoms with Crippen molar-refractivity contribution in [3.8, 4) is 5.88 Å². The molecule has 3 fully saturated rings. The van der Waals surface area contributed by atoms with Gasteiger partial charge in [-0.3, -0.25) is 0 Å². The van der Waals surface area contributed by atoms with Crippen LogP contribution in [0.15, 0.2) is 23.5 Å². The number of hydrogen-bond donors (Lipinski definition) is 3. The number of aliphatic hydroxyl groups is 3. The van der Waals surface area contributed by atoms with Crippen LogP contribution in [0.5, 0.6) is 5.88 Å². The van der Waals surface area contributed by atoms with Gasteiger partial charge in [0.1, 0.15) is 5.83 Å².